The van der Waals surface area contributed by atoms with Gasteiger partial charge < -0.3 is 14.8 Å². The number of carbonyl (C=O) groups excluding carboxylic acids is 1. The van der Waals surface area contributed by atoms with Crippen LogP contribution >= 0.6 is 11.8 Å². The Morgan fingerprint density at radius 3 is 2.83 bits per heavy atom. The third-order valence-corrected chi connectivity index (χ3v) is 4.81. The third-order valence-electron chi connectivity index (χ3n) is 3.77. The molecule has 23 heavy (non-hydrogen) atoms. The highest BCUT2D eigenvalue weighted by Crippen LogP contribution is 2.35. The number of nitrogens with one attached hydrogen (secondary N) is 1. The predicted octanol–water partition coefficient (Wildman–Crippen LogP) is 3.60. The first-order valence-electron chi connectivity index (χ1n) is 7.51. The number of nitrogens with zero attached hydrogens (tertiary/aromatic N) is 1. The van der Waals surface area contributed by atoms with E-state index < -0.39 is 0 Å². The van der Waals surface area contributed by atoms with Crippen LogP contribution in [-0.2, 0) is 0 Å². The molecule has 2 aliphatic rings. The molecule has 2 heterocycles. The van der Waals surface area contributed by atoms with Crippen molar-refractivity contribution in [3.63, 3.8) is 0 Å². The first-order chi connectivity index (χ1) is 11.3. The molecule has 0 aliphatic carbocycles. The Hall–Kier alpha value is -2.34. The molecule has 0 bridgehead atoms. The molecule has 0 radical (unpaired) electrons. The largest absolute Gasteiger partial charge is 0.486 e. The average molecular weight is 328 g/mol. The molecule has 0 unspecified atom stereocenters. The molecule has 2 aromatic rings. The van der Waals surface area contributed by atoms with Gasteiger partial charge in [0.1, 0.15) is 13.2 Å². The summed E-state index contributed by atoms with van der Waals surface area (Å²) < 4.78 is 11.0. The van der Waals surface area contributed by atoms with Crippen molar-refractivity contribution in [1.29, 1.82) is 0 Å². The van der Waals surface area contributed by atoms with Crippen LogP contribution in [-0.4, -0.2) is 31.5 Å². The molecule has 5 nitrogen and oxygen atoms in total. The van der Waals surface area contributed by atoms with Gasteiger partial charge in [0.05, 0.1) is 5.69 Å². The van der Waals surface area contributed by atoms with Crippen LogP contribution < -0.4 is 19.7 Å². The van der Waals surface area contributed by atoms with E-state index in [2.05, 4.69) is 5.32 Å². The summed E-state index contributed by atoms with van der Waals surface area (Å²) >= 11 is 1.78. The summed E-state index contributed by atoms with van der Waals surface area (Å²) in [6.45, 7) is 1.78. The van der Waals surface area contributed by atoms with E-state index in [0.717, 1.165) is 16.3 Å². The molecule has 2 aliphatic heterocycles. The Morgan fingerprint density at radius 2 is 1.91 bits per heavy atom. The van der Waals surface area contributed by atoms with Crippen molar-refractivity contribution < 1.29 is 14.3 Å². The smallest absolute Gasteiger partial charge is 0.326 e. The summed E-state index contributed by atoms with van der Waals surface area (Å²) in [4.78, 5) is 15.5. The number of thioether (sulfide) groups is 1. The van der Waals surface area contributed by atoms with E-state index in [0.29, 0.717) is 36.9 Å². The zero-order chi connectivity index (χ0) is 15.6. The quantitative estimate of drug-likeness (QED) is 0.869. The van der Waals surface area contributed by atoms with Gasteiger partial charge in [-0.25, -0.2) is 4.79 Å². The van der Waals surface area contributed by atoms with E-state index in [1.54, 1.807) is 22.7 Å². The number of carbonyl (C=O) groups is 1. The fourth-order valence-electron chi connectivity index (χ4n) is 2.69. The summed E-state index contributed by atoms with van der Waals surface area (Å²) in [6, 6.07) is 13.3. The summed E-state index contributed by atoms with van der Waals surface area (Å²) in [5.74, 6) is 2.28. The molecule has 1 N–H and O–H groups in total. The first kappa shape index (κ1) is 14.3. The second-order valence-electron chi connectivity index (χ2n) is 5.26. The van der Waals surface area contributed by atoms with Gasteiger partial charge in [-0.3, -0.25) is 4.90 Å². The molecule has 2 aromatic carbocycles. The van der Waals surface area contributed by atoms with Crippen molar-refractivity contribution in [2.75, 3.05) is 35.7 Å². The maximum atomic E-state index is 12.6. The van der Waals surface area contributed by atoms with Gasteiger partial charge in [0.25, 0.3) is 0 Å². The number of urea groups is 1. The van der Waals surface area contributed by atoms with Crippen molar-refractivity contribution in [3.8, 4) is 11.5 Å². The Labute approximate surface area is 138 Å². The lowest BCUT2D eigenvalue weighted by atomic mass is 10.2. The van der Waals surface area contributed by atoms with Gasteiger partial charge in [-0.15, -0.1) is 11.8 Å². The van der Waals surface area contributed by atoms with Gasteiger partial charge in [-0.05, 0) is 24.3 Å². The molecule has 0 saturated carbocycles. The number of amides is 2. The highest BCUT2D eigenvalue weighted by atomic mass is 32.2. The Kier molecular flexibility index (Phi) is 3.75. The Morgan fingerprint density at radius 1 is 1.09 bits per heavy atom. The van der Waals surface area contributed by atoms with Crippen molar-refractivity contribution in [3.05, 3.63) is 42.5 Å². The van der Waals surface area contributed by atoms with E-state index in [1.807, 2.05) is 36.4 Å². The first-order valence-corrected chi connectivity index (χ1v) is 8.50. The van der Waals surface area contributed by atoms with Crippen LogP contribution in [0.15, 0.2) is 47.4 Å². The molecule has 118 valence electrons. The van der Waals surface area contributed by atoms with Crippen LogP contribution in [0.1, 0.15) is 0 Å². The molecule has 6 heteroatoms. The van der Waals surface area contributed by atoms with Crippen molar-refractivity contribution in [1.82, 2.24) is 0 Å². The standard InChI is InChI=1S/C17H16N2O3S/c20-17(19-7-10-23-16-4-2-1-3-13(16)19)18-12-5-6-14-15(11-12)22-9-8-21-14/h1-6,11H,7-10H2,(H,18,20). The average Bonchev–Trinajstić information content (AvgIpc) is 2.61. The number of benzene rings is 2. The SMILES string of the molecule is O=C(Nc1ccc2c(c1)OCCO2)N1CCSc2ccccc21. The zero-order valence-electron chi connectivity index (χ0n) is 12.5. The molecule has 2 amide bonds. The van der Waals surface area contributed by atoms with Crippen LogP contribution in [0.3, 0.4) is 0 Å². The van der Waals surface area contributed by atoms with Gasteiger partial charge in [0.15, 0.2) is 11.5 Å². The van der Waals surface area contributed by atoms with E-state index in [4.69, 9.17) is 9.47 Å². The number of hydrogen-bond donors (Lipinski definition) is 1. The second kappa shape index (κ2) is 6.04. The lowest BCUT2D eigenvalue weighted by Gasteiger charge is -2.29. The summed E-state index contributed by atoms with van der Waals surface area (Å²) in [5, 5.41) is 2.94. The van der Waals surface area contributed by atoms with Crippen molar-refractivity contribution in [2.45, 2.75) is 4.90 Å². The minimum atomic E-state index is -0.130. The van der Waals surface area contributed by atoms with Crippen LogP contribution in [0, 0.1) is 0 Å². The summed E-state index contributed by atoms with van der Waals surface area (Å²) in [6.07, 6.45) is 0. The van der Waals surface area contributed by atoms with E-state index >= 15 is 0 Å². The normalized spacial score (nSPS) is 15.7. The topological polar surface area (TPSA) is 50.8 Å². The molecule has 0 saturated heterocycles. The van der Waals surface area contributed by atoms with Crippen LogP contribution in [0.4, 0.5) is 16.2 Å². The predicted molar refractivity (Wildman–Crippen MR) is 91.0 cm³/mol. The molecule has 0 spiro atoms. The maximum absolute atomic E-state index is 12.6. The zero-order valence-corrected chi connectivity index (χ0v) is 13.3. The summed E-state index contributed by atoms with van der Waals surface area (Å²) in [7, 11) is 0. The van der Waals surface area contributed by atoms with E-state index in [1.165, 1.54) is 0 Å². The summed E-state index contributed by atoms with van der Waals surface area (Å²) in [5.41, 5.74) is 1.66. The number of hydrogen-bond acceptors (Lipinski definition) is 4. The van der Waals surface area contributed by atoms with Gasteiger partial charge in [-0.2, -0.15) is 0 Å². The highest BCUT2D eigenvalue weighted by molar-refractivity contribution is 7.99. The fraction of sp³-hybridized carbons (Fsp3) is 0.235. The fourth-order valence-corrected chi connectivity index (χ4v) is 3.69. The van der Waals surface area contributed by atoms with Crippen molar-refractivity contribution >= 4 is 29.2 Å². The molecular weight excluding hydrogens is 312 g/mol. The maximum Gasteiger partial charge on any atom is 0.326 e. The number of rotatable bonds is 1. The van der Waals surface area contributed by atoms with Gasteiger partial charge in [0.2, 0.25) is 0 Å². The van der Waals surface area contributed by atoms with Crippen LogP contribution in [0.5, 0.6) is 11.5 Å². The second-order valence-corrected chi connectivity index (χ2v) is 6.39. The Bertz CT molecular complexity index is 750. The molecular formula is C17H16N2O3S. The number of para-hydroxylation sites is 1. The molecule has 0 fully saturated rings. The molecule has 4 rings (SSSR count). The Balaban J connectivity index is 1.55. The van der Waals surface area contributed by atoms with Crippen molar-refractivity contribution in [2.24, 2.45) is 0 Å². The third kappa shape index (κ3) is 2.82. The highest BCUT2D eigenvalue weighted by Gasteiger charge is 2.23. The minimum Gasteiger partial charge on any atom is -0.486 e. The molecule has 0 aromatic heterocycles. The van der Waals surface area contributed by atoms with Crippen LogP contribution in [0.25, 0.3) is 0 Å². The van der Waals surface area contributed by atoms with E-state index in [9.17, 15) is 4.79 Å². The molecule has 0 atom stereocenters. The number of ether oxygens (including phenoxy) is 2. The minimum absolute atomic E-state index is 0.130. The lowest BCUT2D eigenvalue weighted by Crippen LogP contribution is -2.38. The monoisotopic (exact) mass is 328 g/mol. The van der Waals surface area contributed by atoms with Gasteiger partial charge in [-0.1, -0.05) is 12.1 Å². The van der Waals surface area contributed by atoms with Crippen LogP contribution in [0.2, 0.25) is 0 Å². The van der Waals surface area contributed by atoms with E-state index in [-0.39, 0.29) is 6.03 Å². The van der Waals surface area contributed by atoms with Gasteiger partial charge in [0, 0.05) is 28.9 Å². The van der Waals surface area contributed by atoms with Gasteiger partial charge >= 0.3 is 6.03 Å². The lowest BCUT2D eigenvalue weighted by molar-refractivity contribution is 0.171. The number of anilines is 2. The number of fused-ring (bicyclic) bond motifs is 2.